The molecule has 11 heteroatoms. The van der Waals surface area contributed by atoms with E-state index < -0.39 is 29.2 Å². The number of carbonyl (C=O) groups excluding carboxylic acids is 1. The van der Waals surface area contributed by atoms with Crippen LogP contribution < -0.4 is 10.6 Å². The number of nitrogens with zero attached hydrogens (tertiary/aromatic N) is 3. The number of aromatic nitrogens is 3. The first-order chi connectivity index (χ1) is 17.8. The van der Waals surface area contributed by atoms with E-state index >= 15 is 0 Å². The van der Waals surface area contributed by atoms with E-state index in [0.29, 0.717) is 25.7 Å². The van der Waals surface area contributed by atoms with Crippen LogP contribution in [0.2, 0.25) is 0 Å². The number of benzene rings is 1. The monoisotopic (exact) mass is 508 g/mol. The molecule has 1 aliphatic rings. The van der Waals surface area contributed by atoms with Crippen LogP contribution in [-0.4, -0.2) is 32.9 Å². The van der Waals surface area contributed by atoms with Gasteiger partial charge in [0.15, 0.2) is 23.1 Å². The third-order valence-electron chi connectivity index (χ3n) is 6.38. The van der Waals surface area contributed by atoms with Crippen molar-refractivity contribution in [2.75, 3.05) is 5.32 Å². The number of amides is 1. The highest BCUT2D eigenvalue weighted by Gasteiger charge is 2.27. The SMILES string of the molecule is N#Cc1cc(F)c(N[C@H]2CCC[C@@H](NC(=O)c3ncccc3F)C2)nc1-c1c[nH]c2c(F)cc(F)cc12. The molecule has 3 N–H and O–H groups in total. The van der Waals surface area contributed by atoms with Gasteiger partial charge in [0.2, 0.25) is 0 Å². The number of hydrogen-bond donors (Lipinski definition) is 3. The minimum absolute atomic E-state index is 0.0381. The van der Waals surface area contributed by atoms with Gasteiger partial charge in [-0.3, -0.25) is 4.79 Å². The number of anilines is 1. The van der Waals surface area contributed by atoms with Crippen LogP contribution in [0.3, 0.4) is 0 Å². The highest BCUT2D eigenvalue weighted by atomic mass is 19.1. The molecule has 2 atom stereocenters. The molecule has 0 aliphatic heterocycles. The molecule has 0 spiro atoms. The lowest BCUT2D eigenvalue weighted by Gasteiger charge is -2.30. The quantitative estimate of drug-likeness (QED) is 0.321. The molecule has 5 rings (SSSR count). The second kappa shape index (κ2) is 9.89. The summed E-state index contributed by atoms with van der Waals surface area (Å²) >= 11 is 0. The van der Waals surface area contributed by atoms with Gasteiger partial charge < -0.3 is 15.6 Å². The first-order valence-corrected chi connectivity index (χ1v) is 11.6. The second-order valence-corrected chi connectivity index (χ2v) is 8.85. The zero-order chi connectivity index (χ0) is 26.1. The summed E-state index contributed by atoms with van der Waals surface area (Å²) < 4.78 is 56.9. The molecule has 0 radical (unpaired) electrons. The highest BCUT2D eigenvalue weighted by molar-refractivity contribution is 5.96. The lowest BCUT2D eigenvalue weighted by molar-refractivity contribution is 0.0916. The zero-order valence-corrected chi connectivity index (χ0v) is 19.3. The van der Waals surface area contributed by atoms with Gasteiger partial charge in [0.1, 0.15) is 17.7 Å². The van der Waals surface area contributed by atoms with E-state index in [9.17, 15) is 27.6 Å². The van der Waals surface area contributed by atoms with Gasteiger partial charge in [-0.2, -0.15) is 5.26 Å². The number of nitriles is 1. The van der Waals surface area contributed by atoms with E-state index in [4.69, 9.17) is 0 Å². The minimum Gasteiger partial charge on any atom is -0.365 e. The highest BCUT2D eigenvalue weighted by Crippen LogP contribution is 2.34. The Hall–Kier alpha value is -4.46. The lowest BCUT2D eigenvalue weighted by Crippen LogP contribution is -2.42. The Kier molecular flexibility index (Phi) is 6.48. The number of halogens is 4. The second-order valence-electron chi connectivity index (χ2n) is 8.85. The lowest BCUT2D eigenvalue weighted by atomic mass is 9.90. The van der Waals surface area contributed by atoms with Crippen LogP contribution in [0.1, 0.15) is 41.7 Å². The van der Waals surface area contributed by atoms with E-state index in [0.717, 1.165) is 24.3 Å². The summed E-state index contributed by atoms with van der Waals surface area (Å²) in [7, 11) is 0. The van der Waals surface area contributed by atoms with Gasteiger partial charge in [-0.15, -0.1) is 0 Å². The molecule has 1 aromatic carbocycles. The van der Waals surface area contributed by atoms with Gasteiger partial charge in [-0.05, 0) is 49.9 Å². The molecule has 188 valence electrons. The fourth-order valence-electron chi connectivity index (χ4n) is 4.68. The van der Waals surface area contributed by atoms with Crippen LogP contribution in [0.4, 0.5) is 23.4 Å². The number of H-pyrrole nitrogens is 1. The van der Waals surface area contributed by atoms with E-state index in [1.54, 1.807) is 0 Å². The van der Waals surface area contributed by atoms with E-state index in [1.165, 1.54) is 18.5 Å². The number of pyridine rings is 2. The molecule has 1 amide bonds. The van der Waals surface area contributed by atoms with Crippen molar-refractivity contribution in [2.45, 2.75) is 37.8 Å². The summed E-state index contributed by atoms with van der Waals surface area (Å²) in [4.78, 5) is 23.3. The van der Waals surface area contributed by atoms with Crippen molar-refractivity contribution in [2.24, 2.45) is 0 Å². The van der Waals surface area contributed by atoms with Crippen molar-refractivity contribution in [3.05, 3.63) is 77.3 Å². The Labute approximate surface area is 208 Å². The van der Waals surface area contributed by atoms with Crippen molar-refractivity contribution >= 4 is 22.6 Å². The van der Waals surface area contributed by atoms with Crippen LogP contribution in [-0.2, 0) is 0 Å². The standard InChI is InChI=1S/C26H20F4N6O/c27-14-8-17-18(12-33-23(17)20(29)9-14)22-13(11-31)7-21(30)25(36-22)34-15-3-1-4-16(10-15)35-26(37)24-19(28)5-2-6-32-24/h2,5-9,12,15-16,33H,1,3-4,10H2,(H,34,36)(H,35,37)/t15-,16+/m0/s1. The fraction of sp³-hybridized carbons (Fsp3) is 0.231. The number of nitrogens with one attached hydrogen (secondary N) is 3. The number of aromatic amines is 1. The van der Waals surface area contributed by atoms with Crippen molar-refractivity contribution < 1.29 is 22.4 Å². The molecule has 7 nitrogen and oxygen atoms in total. The van der Waals surface area contributed by atoms with Crippen LogP contribution >= 0.6 is 0 Å². The van der Waals surface area contributed by atoms with Gasteiger partial charge in [0, 0.05) is 41.5 Å². The number of rotatable bonds is 5. The normalized spacial score (nSPS) is 17.4. The van der Waals surface area contributed by atoms with Gasteiger partial charge in [0.25, 0.3) is 5.91 Å². The van der Waals surface area contributed by atoms with Crippen molar-refractivity contribution in [3.63, 3.8) is 0 Å². The third-order valence-corrected chi connectivity index (χ3v) is 6.38. The summed E-state index contributed by atoms with van der Waals surface area (Å²) in [5, 5.41) is 15.5. The third kappa shape index (κ3) is 4.82. The maximum absolute atomic E-state index is 14.9. The Balaban J connectivity index is 1.39. The average molecular weight is 508 g/mol. The fourth-order valence-corrected chi connectivity index (χ4v) is 4.68. The molecule has 0 unspecified atom stereocenters. The number of hydrogen-bond acceptors (Lipinski definition) is 5. The smallest absolute Gasteiger partial charge is 0.273 e. The molecule has 3 aromatic heterocycles. The van der Waals surface area contributed by atoms with E-state index in [-0.39, 0.29) is 51.3 Å². The van der Waals surface area contributed by atoms with Crippen LogP contribution in [0.15, 0.2) is 42.7 Å². The molecule has 1 aliphatic carbocycles. The van der Waals surface area contributed by atoms with Gasteiger partial charge >= 0.3 is 0 Å². The number of fused-ring (bicyclic) bond motifs is 1. The van der Waals surface area contributed by atoms with Crippen molar-refractivity contribution in [1.29, 1.82) is 5.26 Å². The van der Waals surface area contributed by atoms with Crippen LogP contribution in [0, 0.1) is 34.6 Å². The van der Waals surface area contributed by atoms with Crippen molar-refractivity contribution in [3.8, 4) is 17.3 Å². The molecule has 0 saturated heterocycles. The Morgan fingerprint density at radius 2 is 1.89 bits per heavy atom. The Morgan fingerprint density at radius 3 is 2.68 bits per heavy atom. The largest absolute Gasteiger partial charge is 0.365 e. The zero-order valence-electron chi connectivity index (χ0n) is 19.3. The molecule has 37 heavy (non-hydrogen) atoms. The van der Waals surface area contributed by atoms with E-state index in [1.807, 2.05) is 6.07 Å². The maximum Gasteiger partial charge on any atom is 0.273 e. The predicted molar refractivity (Wildman–Crippen MR) is 127 cm³/mol. The maximum atomic E-state index is 14.9. The molecular weight excluding hydrogens is 488 g/mol. The first-order valence-electron chi connectivity index (χ1n) is 11.6. The molecule has 4 aromatic rings. The molecule has 0 bridgehead atoms. The Bertz CT molecular complexity index is 1550. The summed E-state index contributed by atoms with van der Waals surface area (Å²) in [6.45, 7) is 0. The average Bonchev–Trinajstić information content (AvgIpc) is 3.29. The van der Waals surface area contributed by atoms with Crippen LogP contribution in [0.25, 0.3) is 22.2 Å². The predicted octanol–water partition coefficient (Wildman–Crippen LogP) is 5.21. The number of carbonyl (C=O) groups is 1. The van der Waals surface area contributed by atoms with E-state index in [2.05, 4.69) is 25.6 Å². The molecule has 1 fully saturated rings. The first kappa shape index (κ1) is 24.2. The topological polar surface area (TPSA) is 106 Å². The van der Waals surface area contributed by atoms with Gasteiger partial charge in [-0.1, -0.05) is 0 Å². The minimum atomic E-state index is -0.805. The molecular formula is C26H20F4N6O. The van der Waals surface area contributed by atoms with Gasteiger partial charge in [0.05, 0.1) is 16.8 Å². The summed E-state index contributed by atoms with van der Waals surface area (Å²) in [5.74, 6) is -3.86. The summed E-state index contributed by atoms with van der Waals surface area (Å²) in [6.07, 6.45) is 5.15. The van der Waals surface area contributed by atoms with Gasteiger partial charge in [-0.25, -0.2) is 27.5 Å². The Morgan fingerprint density at radius 1 is 1.08 bits per heavy atom. The molecule has 3 heterocycles. The van der Waals surface area contributed by atoms with Crippen LogP contribution in [0.5, 0.6) is 0 Å². The summed E-state index contributed by atoms with van der Waals surface area (Å²) in [6, 6.07) is 6.71. The molecule has 1 saturated carbocycles. The van der Waals surface area contributed by atoms with Crippen molar-refractivity contribution in [1.82, 2.24) is 20.3 Å². The summed E-state index contributed by atoms with van der Waals surface area (Å²) in [5.41, 5.74) is -0.0438.